The summed E-state index contributed by atoms with van der Waals surface area (Å²) in [6, 6.07) is 8.22. The van der Waals surface area contributed by atoms with Crippen LogP contribution in [0.4, 0.5) is 0 Å². The summed E-state index contributed by atoms with van der Waals surface area (Å²) >= 11 is 0. The lowest BCUT2D eigenvalue weighted by Crippen LogP contribution is -2.36. The lowest BCUT2D eigenvalue weighted by molar-refractivity contribution is -0.148. The van der Waals surface area contributed by atoms with Crippen molar-refractivity contribution in [2.75, 3.05) is 13.7 Å². The van der Waals surface area contributed by atoms with Gasteiger partial charge in [0.2, 0.25) is 0 Å². The van der Waals surface area contributed by atoms with Gasteiger partial charge >= 0.3 is 5.97 Å². The van der Waals surface area contributed by atoms with Crippen molar-refractivity contribution in [3.8, 4) is 11.5 Å². The second-order valence-electron chi connectivity index (χ2n) is 7.46. The van der Waals surface area contributed by atoms with Gasteiger partial charge in [0.15, 0.2) is 11.5 Å². The van der Waals surface area contributed by atoms with Crippen LogP contribution in [0.15, 0.2) is 41.7 Å². The Morgan fingerprint density at radius 2 is 1.97 bits per heavy atom. The fourth-order valence-electron chi connectivity index (χ4n) is 4.44. The first-order valence-electron chi connectivity index (χ1n) is 10.1. The molecule has 4 rings (SSSR count). The maximum absolute atomic E-state index is 11.5. The van der Waals surface area contributed by atoms with Crippen molar-refractivity contribution in [2.45, 2.75) is 51.2 Å². The van der Waals surface area contributed by atoms with E-state index >= 15 is 0 Å². The van der Waals surface area contributed by atoms with E-state index in [1.54, 1.807) is 19.5 Å². The predicted molar refractivity (Wildman–Crippen MR) is 110 cm³/mol. The van der Waals surface area contributed by atoms with E-state index < -0.39 is 0 Å². The number of aliphatic imine (C=N–C) groups is 1. The molecule has 2 aromatic rings. The Balaban J connectivity index is 1.82. The van der Waals surface area contributed by atoms with Crippen LogP contribution in [0, 0.1) is 0 Å². The van der Waals surface area contributed by atoms with E-state index in [9.17, 15) is 4.79 Å². The third-order valence-corrected chi connectivity index (χ3v) is 5.64. The summed E-state index contributed by atoms with van der Waals surface area (Å²) < 4.78 is 17.0. The van der Waals surface area contributed by atoms with Crippen LogP contribution in [0.2, 0.25) is 0 Å². The third-order valence-electron chi connectivity index (χ3n) is 5.64. The molecular formula is C23H26N2O4. The number of rotatable bonds is 5. The molecular weight excluding hydrogens is 368 g/mol. The molecule has 1 aliphatic heterocycles. The Bertz CT molecular complexity index is 926. The Kier molecular flexibility index (Phi) is 5.51. The minimum atomic E-state index is -0.227. The van der Waals surface area contributed by atoms with Gasteiger partial charge in [0.25, 0.3) is 0 Å². The number of hydrogen-bond donors (Lipinski definition) is 0. The number of hydrogen-bond acceptors (Lipinski definition) is 6. The minimum absolute atomic E-state index is 0.0723. The van der Waals surface area contributed by atoms with Crippen molar-refractivity contribution >= 4 is 11.7 Å². The van der Waals surface area contributed by atoms with Crippen LogP contribution in [0.25, 0.3) is 0 Å². The van der Waals surface area contributed by atoms with Gasteiger partial charge in [-0.05, 0) is 56.0 Å². The molecule has 1 fully saturated rings. The molecule has 1 aromatic carbocycles. The minimum Gasteiger partial charge on any atom is -0.493 e. The number of nitrogens with zero attached hydrogens (tertiary/aromatic N) is 2. The predicted octanol–water partition coefficient (Wildman–Crippen LogP) is 3.91. The summed E-state index contributed by atoms with van der Waals surface area (Å²) in [6.45, 7) is 3.99. The zero-order valence-electron chi connectivity index (χ0n) is 17.1. The molecule has 0 N–H and O–H groups in total. The van der Waals surface area contributed by atoms with Gasteiger partial charge in [0, 0.05) is 36.4 Å². The summed E-state index contributed by atoms with van der Waals surface area (Å²) in [4.78, 5) is 20.8. The van der Waals surface area contributed by atoms with Crippen molar-refractivity contribution < 1.29 is 19.0 Å². The highest BCUT2D eigenvalue weighted by molar-refractivity contribution is 6.15. The maximum atomic E-state index is 11.5. The molecule has 2 aliphatic rings. The van der Waals surface area contributed by atoms with Gasteiger partial charge in [0.1, 0.15) is 6.10 Å². The van der Waals surface area contributed by atoms with Gasteiger partial charge in [0.05, 0.1) is 25.5 Å². The van der Waals surface area contributed by atoms with Crippen LogP contribution < -0.4 is 9.47 Å². The van der Waals surface area contributed by atoms with Gasteiger partial charge in [-0.1, -0.05) is 0 Å². The highest BCUT2D eigenvalue weighted by atomic mass is 16.5. The molecule has 0 saturated heterocycles. The molecule has 0 bridgehead atoms. The van der Waals surface area contributed by atoms with Crippen LogP contribution >= 0.6 is 0 Å². The Hall–Kier alpha value is -2.89. The molecule has 0 radical (unpaired) electrons. The SMILES string of the molecule is CCOc1cc2c(cc1OC)C(c1ccncc1)=NC1CCC(OC(C)=O)CC21. The van der Waals surface area contributed by atoms with Crippen LogP contribution in [0.5, 0.6) is 11.5 Å². The van der Waals surface area contributed by atoms with Gasteiger partial charge < -0.3 is 14.2 Å². The molecule has 6 heteroatoms. The summed E-state index contributed by atoms with van der Waals surface area (Å²) in [5, 5.41) is 0. The average molecular weight is 394 g/mol. The third kappa shape index (κ3) is 3.84. The zero-order valence-corrected chi connectivity index (χ0v) is 17.1. The normalized spacial score (nSPS) is 22.7. The molecule has 1 saturated carbocycles. The first-order chi connectivity index (χ1) is 14.1. The standard InChI is InChI=1S/C23H26N2O4/c1-4-28-22-12-17-18-11-16(29-14(2)26)5-6-20(18)25-23(15-7-9-24-10-8-15)19(17)13-21(22)27-3/h7-10,12-13,16,18,20H,4-6,11H2,1-3H3. The number of carbonyl (C=O) groups excluding carboxylic acids is 1. The molecule has 3 unspecified atom stereocenters. The van der Waals surface area contributed by atoms with Crippen LogP contribution in [-0.2, 0) is 9.53 Å². The molecule has 6 nitrogen and oxygen atoms in total. The van der Waals surface area contributed by atoms with Gasteiger partial charge in [-0.25, -0.2) is 0 Å². The molecule has 29 heavy (non-hydrogen) atoms. The molecule has 3 atom stereocenters. The number of benzene rings is 1. The summed E-state index contributed by atoms with van der Waals surface area (Å²) in [6.07, 6.45) is 5.98. The number of aromatic nitrogens is 1. The molecule has 0 spiro atoms. The monoisotopic (exact) mass is 394 g/mol. The Morgan fingerprint density at radius 1 is 1.17 bits per heavy atom. The highest BCUT2D eigenvalue weighted by Crippen LogP contribution is 2.45. The smallest absolute Gasteiger partial charge is 0.302 e. The highest BCUT2D eigenvalue weighted by Gasteiger charge is 2.38. The average Bonchev–Trinajstić information content (AvgIpc) is 2.73. The summed E-state index contributed by atoms with van der Waals surface area (Å²) in [5.41, 5.74) is 4.21. The first-order valence-corrected chi connectivity index (χ1v) is 10.1. The lowest BCUT2D eigenvalue weighted by atomic mass is 9.74. The van der Waals surface area contributed by atoms with E-state index in [4.69, 9.17) is 19.2 Å². The number of pyridine rings is 1. The second kappa shape index (κ2) is 8.23. The van der Waals surface area contributed by atoms with Crippen LogP contribution in [-0.4, -0.2) is 42.5 Å². The van der Waals surface area contributed by atoms with E-state index in [1.807, 2.05) is 25.1 Å². The first kappa shape index (κ1) is 19.4. The number of ether oxygens (including phenoxy) is 3. The molecule has 2 heterocycles. The van der Waals surface area contributed by atoms with Gasteiger partial charge in [-0.3, -0.25) is 14.8 Å². The van der Waals surface area contributed by atoms with Crippen molar-refractivity contribution in [3.05, 3.63) is 53.3 Å². The zero-order chi connectivity index (χ0) is 20.4. The van der Waals surface area contributed by atoms with Crippen LogP contribution in [0.1, 0.15) is 55.7 Å². The Labute approximate surface area is 170 Å². The quantitative estimate of drug-likeness (QED) is 0.719. The van der Waals surface area contributed by atoms with E-state index in [2.05, 4.69) is 11.1 Å². The van der Waals surface area contributed by atoms with Crippen molar-refractivity contribution in [2.24, 2.45) is 4.99 Å². The molecule has 0 amide bonds. The molecule has 1 aromatic heterocycles. The Morgan fingerprint density at radius 3 is 2.66 bits per heavy atom. The number of carbonyl (C=O) groups is 1. The van der Waals surface area contributed by atoms with E-state index in [0.29, 0.717) is 12.4 Å². The summed E-state index contributed by atoms with van der Waals surface area (Å²) in [5.74, 6) is 1.38. The number of esters is 1. The van der Waals surface area contributed by atoms with Crippen molar-refractivity contribution in [3.63, 3.8) is 0 Å². The van der Waals surface area contributed by atoms with Gasteiger partial charge in [-0.2, -0.15) is 0 Å². The van der Waals surface area contributed by atoms with Crippen molar-refractivity contribution in [1.82, 2.24) is 4.98 Å². The second-order valence-corrected chi connectivity index (χ2v) is 7.46. The topological polar surface area (TPSA) is 70.0 Å². The molecule has 1 aliphatic carbocycles. The summed E-state index contributed by atoms with van der Waals surface area (Å²) in [7, 11) is 1.65. The number of methoxy groups -OCH3 is 1. The fraction of sp³-hybridized carbons (Fsp3) is 0.435. The van der Waals surface area contributed by atoms with E-state index in [0.717, 1.165) is 41.9 Å². The van der Waals surface area contributed by atoms with E-state index in [-0.39, 0.29) is 24.0 Å². The maximum Gasteiger partial charge on any atom is 0.302 e. The van der Waals surface area contributed by atoms with Crippen LogP contribution in [0.3, 0.4) is 0 Å². The van der Waals surface area contributed by atoms with Crippen molar-refractivity contribution in [1.29, 1.82) is 0 Å². The fourth-order valence-corrected chi connectivity index (χ4v) is 4.44. The van der Waals surface area contributed by atoms with E-state index in [1.165, 1.54) is 12.5 Å². The largest absolute Gasteiger partial charge is 0.493 e. The molecule has 152 valence electrons. The number of fused-ring (bicyclic) bond motifs is 3. The van der Waals surface area contributed by atoms with Gasteiger partial charge in [-0.15, -0.1) is 0 Å². The lowest BCUT2D eigenvalue weighted by Gasteiger charge is -2.38.